The third-order valence-electron chi connectivity index (χ3n) is 4.78. The van der Waals surface area contributed by atoms with E-state index in [0.29, 0.717) is 28.1 Å². The average Bonchev–Trinajstić information content (AvgIpc) is 2.85. The number of anilines is 1. The number of amides is 1. The minimum Gasteiger partial charge on any atom is -0.490 e. The van der Waals surface area contributed by atoms with Crippen LogP contribution in [0.15, 0.2) is 58.6 Å². The summed E-state index contributed by atoms with van der Waals surface area (Å²) in [5, 5.41) is 22.6. The number of rotatable bonds is 9. The third kappa shape index (κ3) is 7.20. The van der Waals surface area contributed by atoms with Gasteiger partial charge < -0.3 is 14.8 Å². The minimum atomic E-state index is -0.828. The lowest BCUT2D eigenvalue weighted by atomic mass is 10.1. The maximum absolute atomic E-state index is 13.2. The van der Waals surface area contributed by atoms with Gasteiger partial charge in [-0.1, -0.05) is 35.3 Å². The molecule has 0 atom stereocenters. The molecule has 8 nitrogen and oxygen atoms in total. The number of nitro benzene ring substituents is 1. The van der Waals surface area contributed by atoms with Crippen LogP contribution in [-0.2, 0) is 11.4 Å². The van der Waals surface area contributed by atoms with Crippen LogP contribution in [0.1, 0.15) is 18.1 Å². The fraction of sp³-hybridized carbons (Fsp3) is 0.120. The molecule has 1 amide bonds. The predicted molar refractivity (Wildman–Crippen MR) is 141 cm³/mol. The Morgan fingerprint density at radius 1 is 1.19 bits per heavy atom. The summed E-state index contributed by atoms with van der Waals surface area (Å²) in [5.74, 6) is -0.447. The molecule has 0 spiro atoms. The van der Waals surface area contributed by atoms with Gasteiger partial charge in [0.25, 0.3) is 11.6 Å². The Balaban J connectivity index is 1.87. The number of halogens is 4. The molecule has 3 aromatic carbocycles. The first kappa shape index (κ1) is 27.9. The van der Waals surface area contributed by atoms with Crippen molar-refractivity contribution in [3.05, 3.63) is 95.7 Å². The first-order valence-corrected chi connectivity index (χ1v) is 12.1. The van der Waals surface area contributed by atoms with Crippen molar-refractivity contribution >= 4 is 62.5 Å². The van der Waals surface area contributed by atoms with Gasteiger partial charge in [0.2, 0.25) is 0 Å². The molecule has 0 heterocycles. The lowest BCUT2D eigenvalue weighted by molar-refractivity contribution is -0.384. The van der Waals surface area contributed by atoms with Gasteiger partial charge in [0, 0.05) is 12.1 Å². The fourth-order valence-corrected chi connectivity index (χ4v) is 4.24. The summed E-state index contributed by atoms with van der Waals surface area (Å²) in [6, 6.07) is 13.0. The number of carbonyl (C=O) groups is 1. The summed E-state index contributed by atoms with van der Waals surface area (Å²) in [6.07, 6.45) is 1.32. The number of hydrogen-bond donors (Lipinski definition) is 1. The monoisotopic (exact) mass is 607 g/mol. The van der Waals surface area contributed by atoms with Crippen LogP contribution in [0.5, 0.6) is 11.5 Å². The van der Waals surface area contributed by atoms with Gasteiger partial charge in [-0.3, -0.25) is 14.9 Å². The van der Waals surface area contributed by atoms with Crippen molar-refractivity contribution in [3.8, 4) is 17.6 Å². The van der Waals surface area contributed by atoms with Crippen LogP contribution in [0.3, 0.4) is 0 Å². The first-order chi connectivity index (χ1) is 17.6. The Kier molecular flexibility index (Phi) is 9.47. The fourth-order valence-electron chi connectivity index (χ4n) is 3.09. The number of carbonyl (C=O) groups excluding carboxylic acids is 1. The van der Waals surface area contributed by atoms with Gasteiger partial charge in [-0.05, 0) is 64.3 Å². The molecule has 1 N–H and O–H groups in total. The molecule has 0 bridgehead atoms. The highest BCUT2D eigenvalue weighted by molar-refractivity contribution is 9.10. The Labute approximate surface area is 229 Å². The highest BCUT2D eigenvalue weighted by Gasteiger charge is 2.19. The number of nitrogens with one attached hydrogen (secondary N) is 1. The van der Waals surface area contributed by atoms with Gasteiger partial charge >= 0.3 is 0 Å². The third-order valence-corrected chi connectivity index (χ3v) is 5.97. The van der Waals surface area contributed by atoms with E-state index in [1.54, 1.807) is 31.2 Å². The molecule has 3 rings (SSSR count). The van der Waals surface area contributed by atoms with Crippen LogP contribution >= 0.6 is 39.1 Å². The molecule has 0 fully saturated rings. The predicted octanol–water partition coefficient (Wildman–Crippen LogP) is 7.33. The van der Waals surface area contributed by atoms with E-state index in [2.05, 4.69) is 21.2 Å². The van der Waals surface area contributed by atoms with Crippen molar-refractivity contribution in [2.24, 2.45) is 0 Å². The molecule has 12 heteroatoms. The van der Waals surface area contributed by atoms with E-state index in [-0.39, 0.29) is 39.4 Å². The van der Waals surface area contributed by atoms with Gasteiger partial charge in [-0.25, -0.2) is 4.39 Å². The largest absolute Gasteiger partial charge is 0.490 e. The summed E-state index contributed by atoms with van der Waals surface area (Å²) in [6.45, 7) is 2.25. The Hall–Kier alpha value is -3.65. The maximum atomic E-state index is 13.2. The van der Waals surface area contributed by atoms with Crippen LogP contribution in [0.4, 0.5) is 15.8 Å². The molecule has 0 radical (unpaired) electrons. The summed E-state index contributed by atoms with van der Waals surface area (Å²) < 4.78 is 25.2. The number of hydrogen-bond acceptors (Lipinski definition) is 6. The van der Waals surface area contributed by atoms with E-state index < -0.39 is 10.8 Å². The van der Waals surface area contributed by atoms with Gasteiger partial charge in [-0.15, -0.1) is 0 Å². The average molecular weight is 609 g/mol. The molecular formula is C25H17BrCl2FN3O5. The van der Waals surface area contributed by atoms with E-state index in [9.17, 15) is 24.6 Å². The molecule has 37 heavy (non-hydrogen) atoms. The Bertz CT molecular complexity index is 1400. The molecule has 0 unspecified atom stereocenters. The number of nitro groups is 1. The van der Waals surface area contributed by atoms with Crippen LogP contribution < -0.4 is 14.8 Å². The highest BCUT2D eigenvalue weighted by Crippen LogP contribution is 2.38. The Morgan fingerprint density at radius 2 is 1.84 bits per heavy atom. The molecule has 0 aliphatic carbocycles. The van der Waals surface area contributed by atoms with Crippen molar-refractivity contribution in [1.82, 2.24) is 0 Å². The van der Waals surface area contributed by atoms with Crippen molar-refractivity contribution in [3.63, 3.8) is 0 Å². The Morgan fingerprint density at radius 3 is 2.41 bits per heavy atom. The zero-order chi connectivity index (χ0) is 27.1. The van der Waals surface area contributed by atoms with Crippen molar-refractivity contribution < 1.29 is 23.6 Å². The molecule has 0 aromatic heterocycles. The highest BCUT2D eigenvalue weighted by atomic mass is 79.9. The second-order valence-corrected chi connectivity index (χ2v) is 9.01. The van der Waals surface area contributed by atoms with Crippen LogP contribution in [0, 0.1) is 27.3 Å². The summed E-state index contributed by atoms with van der Waals surface area (Å²) in [4.78, 5) is 23.1. The van der Waals surface area contributed by atoms with Crippen molar-refractivity contribution in [2.45, 2.75) is 13.5 Å². The van der Waals surface area contributed by atoms with E-state index in [4.69, 9.17) is 32.7 Å². The second-order valence-electron chi connectivity index (χ2n) is 7.34. The van der Waals surface area contributed by atoms with Gasteiger partial charge in [0.05, 0.1) is 31.7 Å². The van der Waals surface area contributed by atoms with E-state index in [0.717, 1.165) is 17.7 Å². The number of non-ortho nitro benzene ring substituents is 1. The molecule has 0 saturated heterocycles. The number of benzene rings is 3. The summed E-state index contributed by atoms with van der Waals surface area (Å²) >= 11 is 15.5. The topological polar surface area (TPSA) is 114 Å². The van der Waals surface area contributed by atoms with E-state index in [1.165, 1.54) is 18.2 Å². The van der Waals surface area contributed by atoms with Crippen molar-refractivity contribution in [2.75, 3.05) is 11.9 Å². The van der Waals surface area contributed by atoms with Crippen LogP contribution in [-0.4, -0.2) is 17.4 Å². The lowest BCUT2D eigenvalue weighted by Gasteiger charge is -2.15. The molecule has 0 aliphatic heterocycles. The standard InChI is InChI=1S/C25H17BrCl2FN3O5/c1-2-36-22-9-15(8-19(26)24(22)37-13-14-3-5-17(29)6-4-14)7-16(12-30)25(33)31-23-20(27)10-18(32(34)35)11-21(23)28/h3-11H,2,13H2,1H3,(H,31,33)/b16-7+. The normalized spacial score (nSPS) is 11.0. The second kappa shape index (κ2) is 12.5. The molecule has 3 aromatic rings. The molecule has 0 saturated carbocycles. The minimum absolute atomic E-state index is 0.0687. The summed E-state index contributed by atoms with van der Waals surface area (Å²) in [7, 11) is 0. The quantitative estimate of drug-likeness (QED) is 0.118. The van der Waals surface area contributed by atoms with Gasteiger partial charge in [-0.2, -0.15) is 5.26 Å². The SMILES string of the molecule is CCOc1cc(/C=C(\C#N)C(=O)Nc2c(Cl)cc([N+](=O)[O-])cc2Cl)cc(Br)c1OCc1ccc(F)cc1. The zero-order valence-electron chi connectivity index (χ0n) is 19.1. The summed E-state index contributed by atoms with van der Waals surface area (Å²) in [5.41, 5.74) is 0.475. The van der Waals surface area contributed by atoms with Crippen molar-refractivity contribution in [1.29, 1.82) is 5.26 Å². The molecule has 0 aliphatic rings. The lowest BCUT2D eigenvalue weighted by Crippen LogP contribution is -2.14. The molecule has 190 valence electrons. The smallest absolute Gasteiger partial charge is 0.272 e. The van der Waals surface area contributed by atoms with E-state index >= 15 is 0 Å². The number of nitriles is 1. The van der Waals surface area contributed by atoms with E-state index in [1.807, 2.05) is 6.07 Å². The van der Waals surface area contributed by atoms with Crippen LogP contribution in [0.25, 0.3) is 6.08 Å². The number of ether oxygens (including phenoxy) is 2. The first-order valence-electron chi connectivity index (χ1n) is 10.5. The van der Waals surface area contributed by atoms with Gasteiger partial charge in [0.15, 0.2) is 11.5 Å². The van der Waals surface area contributed by atoms with Gasteiger partial charge in [0.1, 0.15) is 24.1 Å². The maximum Gasteiger partial charge on any atom is 0.272 e. The molecular weight excluding hydrogens is 592 g/mol. The van der Waals surface area contributed by atoms with Crippen LogP contribution in [0.2, 0.25) is 10.0 Å². The number of nitrogens with zero attached hydrogens (tertiary/aromatic N) is 2. The zero-order valence-corrected chi connectivity index (χ0v) is 22.2.